The highest BCUT2D eigenvalue weighted by Gasteiger charge is 2.26. The van der Waals surface area contributed by atoms with Crippen LogP contribution in [0, 0.1) is 0 Å². The van der Waals surface area contributed by atoms with Gasteiger partial charge in [0.1, 0.15) is 17.3 Å². The van der Waals surface area contributed by atoms with Gasteiger partial charge in [0, 0.05) is 5.92 Å². The van der Waals surface area contributed by atoms with Crippen LogP contribution in [-0.2, 0) is 0 Å². The minimum Gasteiger partial charge on any atom is -0.497 e. The normalized spacial score (nSPS) is 14.2. The van der Waals surface area contributed by atoms with Crippen molar-refractivity contribution in [3.63, 3.8) is 0 Å². The molecule has 1 aliphatic rings. The lowest BCUT2D eigenvalue weighted by atomic mass is 10.3. The van der Waals surface area contributed by atoms with Crippen molar-refractivity contribution < 1.29 is 9.47 Å². The van der Waals surface area contributed by atoms with E-state index in [0.29, 0.717) is 17.5 Å². The van der Waals surface area contributed by atoms with Crippen molar-refractivity contribution in [3.8, 4) is 17.4 Å². The molecule has 1 aromatic carbocycles. The number of aromatic amines is 1. The van der Waals surface area contributed by atoms with Crippen molar-refractivity contribution in [2.24, 2.45) is 0 Å². The molecule has 0 aliphatic heterocycles. The molecule has 5 heteroatoms. The molecule has 0 atom stereocenters. The third kappa shape index (κ3) is 2.76. The summed E-state index contributed by atoms with van der Waals surface area (Å²) in [6, 6.07) is 8.50. The fourth-order valence-corrected chi connectivity index (χ4v) is 1.82. The number of aromatic nitrogens is 2. The summed E-state index contributed by atoms with van der Waals surface area (Å²) in [4.78, 5) is 18.6. The van der Waals surface area contributed by atoms with Crippen LogP contribution in [-0.4, -0.2) is 17.1 Å². The van der Waals surface area contributed by atoms with Crippen molar-refractivity contribution in [2.75, 3.05) is 7.11 Å². The zero-order valence-corrected chi connectivity index (χ0v) is 10.6. The van der Waals surface area contributed by atoms with Gasteiger partial charge in [-0.25, -0.2) is 0 Å². The van der Waals surface area contributed by atoms with Gasteiger partial charge in [0.2, 0.25) is 5.88 Å². The molecule has 0 radical (unpaired) electrons. The van der Waals surface area contributed by atoms with E-state index in [2.05, 4.69) is 9.97 Å². The molecular weight excluding hydrogens is 244 g/mol. The number of nitrogens with one attached hydrogen (secondary N) is 1. The molecule has 0 amide bonds. The van der Waals surface area contributed by atoms with Crippen LogP contribution in [0.1, 0.15) is 24.6 Å². The molecule has 0 bridgehead atoms. The van der Waals surface area contributed by atoms with Gasteiger partial charge in [-0.3, -0.25) is 4.79 Å². The monoisotopic (exact) mass is 258 g/mol. The smallest absolute Gasteiger partial charge is 0.254 e. The molecule has 5 nitrogen and oxygen atoms in total. The van der Waals surface area contributed by atoms with Crippen LogP contribution in [0.5, 0.6) is 17.4 Å². The van der Waals surface area contributed by atoms with E-state index in [-0.39, 0.29) is 5.56 Å². The van der Waals surface area contributed by atoms with Crippen molar-refractivity contribution in [2.45, 2.75) is 18.8 Å². The van der Waals surface area contributed by atoms with E-state index in [1.165, 1.54) is 6.07 Å². The molecule has 0 spiro atoms. The maximum atomic E-state index is 11.5. The molecule has 1 heterocycles. The molecule has 1 aliphatic carbocycles. The maximum Gasteiger partial charge on any atom is 0.254 e. The average Bonchev–Trinajstić information content (AvgIpc) is 3.23. The van der Waals surface area contributed by atoms with E-state index in [0.717, 1.165) is 24.4 Å². The number of hydrogen-bond donors (Lipinski definition) is 1. The van der Waals surface area contributed by atoms with Gasteiger partial charge in [0.15, 0.2) is 0 Å². The molecule has 2 aromatic rings. The molecule has 3 rings (SSSR count). The third-order valence-electron chi connectivity index (χ3n) is 2.98. The Morgan fingerprint density at radius 1 is 1.21 bits per heavy atom. The quantitative estimate of drug-likeness (QED) is 0.914. The van der Waals surface area contributed by atoms with Gasteiger partial charge in [0.25, 0.3) is 5.56 Å². The Bertz CT molecular complexity index is 630. The SMILES string of the molecule is COc1ccc(Oc2cc(=O)[nH]c(C3CC3)n2)cc1. The minimum absolute atomic E-state index is 0.180. The van der Waals surface area contributed by atoms with Crippen LogP contribution in [0.15, 0.2) is 35.1 Å². The summed E-state index contributed by atoms with van der Waals surface area (Å²) in [5, 5.41) is 0. The van der Waals surface area contributed by atoms with E-state index in [4.69, 9.17) is 9.47 Å². The van der Waals surface area contributed by atoms with Crippen molar-refractivity contribution in [1.82, 2.24) is 9.97 Å². The van der Waals surface area contributed by atoms with Crippen LogP contribution in [0.3, 0.4) is 0 Å². The average molecular weight is 258 g/mol. The number of H-pyrrole nitrogens is 1. The number of ether oxygens (including phenoxy) is 2. The topological polar surface area (TPSA) is 64.2 Å². The van der Waals surface area contributed by atoms with Crippen molar-refractivity contribution in [1.29, 1.82) is 0 Å². The van der Waals surface area contributed by atoms with Crippen LogP contribution in [0.4, 0.5) is 0 Å². The molecule has 0 unspecified atom stereocenters. The first kappa shape index (κ1) is 11.8. The fourth-order valence-electron chi connectivity index (χ4n) is 1.82. The summed E-state index contributed by atoms with van der Waals surface area (Å²) in [6.07, 6.45) is 2.16. The second-order valence-corrected chi connectivity index (χ2v) is 4.52. The van der Waals surface area contributed by atoms with E-state index < -0.39 is 0 Å². The molecule has 98 valence electrons. The van der Waals surface area contributed by atoms with Gasteiger partial charge in [-0.1, -0.05) is 0 Å². The Hall–Kier alpha value is -2.30. The Labute approximate surface area is 110 Å². The van der Waals surface area contributed by atoms with Crippen molar-refractivity contribution in [3.05, 3.63) is 46.5 Å². The van der Waals surface area contributed by atoms with Gasteiger partial charge >= 0.3 is 0 Å². The minimum atomic E-state index is -0.180. The number of methoxy groups -OCH3 is 1. The number of nitrogens with zero attached hydrogens (tertiary/aromatic N) is 1. The maximum absolute atomic E-state index is 11.5. The number of rotatable bonds is 4. The lowest BCUT2D eigenvalue weighted by Gasteiger charge is -2.06. The molecular formula is C14H14N2O3. The lowest BCUT2D eigenvalue weighted by Crippen LogP contribution is -2.10. The van der Waals surface area contributed by atoms with Gasteiger partial charge in [0.05, 0.1) is 13.2 Å². The highest BCUT2D eigenvalue weighted by Crippen LogP contribution is 2.38. The Kier molecular flexibility index (Phi) is 2.95. The summed E-state index contributed by atoms with van der Waals surface area (Å²) >= 11 is 0. The first-order valence-electron chi connectivity index (χ1n) is 6.18. The Balaban J connectivity index is 1.83. The van der Waals surface area contributed by atoms with Gasteiger partial charge in [-0.15, -0.1) is 0 Å². The van der Waals surface area contributed by atoms with Gasteiger partial charge in [-0.05, 0) is 37.1 Å². The molecule has 1 N–H and O–H groups in total. The number of hydrogen-bond acceptors (Lipinski definition) is 4. The van der Waals surface area contributed by atoms with Crippen LogP contribution >= 0.6 is 0 Å². The first-order chi connectivity index (χ1) is 9.24. The molecule has 1 saturated carbocycles. The second kappa shape index (κ2) is 4.76. The van der Waals surface area contributed by atoms with Crippen LogP contribution < -0.4 is 15.0 Å². The van der Waals surface area contributed by atoms with Crippen LogP contribution in [0.25, 0.3) is 0 Å². The van der Waals surface area contributed by atoms with E-state index >= 15 is 0 Å². The fraction of sp³-hybridized carbons (Fsp3) is 0.286. The Morgan fingerprint density at radius 2 is 1.89 bits per heavy atom. The largest absolute Gasteiger partial charge is 0.497 e. The zero-order chi connectivity index (χ0) is 13.2. The molecule has 19 heavy (non-hydrogen) atoms. The summed E-state index contributed by atoms with van der Waals surface area (Å²) < 4.78 is 10.7. The predicted molar refractivity (Wildman–Crippen MR) is 69.9 cm³/mol. The highest BCUT2D eigenvalue weighted by atomic mass is 16.5. The molecule has 1 fully saturated rings. The van der Waals surface area contributed by atoms with E-state index in [1.54, 1.807) is 31.4 Å². The summed E-state index contributed by atoms with van der Waals surface area (Å²) in [7, 11) is 1.61. The summed E-state index contributed by atoms with van der Waals surface area (Å²) in [5.74, 6) is 2.81. The summed E-state index contributed by atoms with van der Waals surface area (Å²) in [5.41, 5.74) is -0.180. The van der Waals surface area contributed by atoms with Gasteiger partial charge in [-0.2, -0.15) is 4.98 Å². The Morgan fingerprint density at radius 3 is 2.53 bits per heavy atom. The van der Waals surface area contributed by atoms with E-state index in [9.17, 15) is 4.79 Å². The lowest BCUT2D eigenvalue weighted by molar-refractivity contribution is 0.412. The molecule has 1 aromatic heterocycles. The zero-order valence-electron chi connectivity index (χ0n) is 10.6. The van der Waals surface area contributed by atoms with Crippen LogP contribution in [0.2, 0.25) is 0 Å². The second-order valence-electron chi connectivity index (χ2n) is 4.52. The highest BCUT2D eigenvalue weighted by molar-refractivity contribution is 5.33. The summed E-state index contributed by atoms with van der Waals surface area (Å²) in [6.45, 7) is 0. The standard InChI is InChI=1S/C14H14N2O3/c1-18-10-4-6-11(7-5-10)19-13-8-12(17)15-14(16-13)9-2-3-9/h4-9H,2-3H2,1H3,(H,15,16,17). The predicted octanol–water partition coefficient (Wildman–Crippen LogP) is 2.45. The first-order valence-corrected chi connectivity index (χ1v) is 6.18. The van der Waals surface area contributed by atoms with Crippen molar-refractivity contribution >= 4 is 0 Å². The molecule has 0 saturated heterocycles. The van der Waals surface area contributed by atoms with Gasteiger partial charge < -0.3 is 14.5 Å². The number of benzene rings is 1. The van der Waals surface area contributed by atoms with E-state index in [1.807, 2.05) is 0 Å². The third-order valence-corrected chi connectivity index (χ3v) is 2.98.